The van der Waals surface area contributed by atoms with Gasteiger partial charge in [-0.05, 0) is 29.8 Å². The molecular weight excluding hydrogens is 314 g/mol. The van der Waals surface area contributed by atoms with Gasteiger partial charge in [-0.15, -0.1) is 0 Å². The first kappa shape index (κ1) is 13.7. The third-order valence-corrected chi connectivity index (χ3v) is 3.82. The molecule has 0 fully saturated rings. The van der Waals surface area contributed by atoms with Crippen LogP contribution >= 0.6 is 11.6 Å². The lowest BCUT2D eigenvalue weighted by molar-refractivity contribution is 1.20. The molecule has 4 aromatic rings. The van der Waals surface area contributed by atoms with Gasteiger partial charge >= 0.3 is 5.69 Å². The predicted molar refractivity (Wildman–Crippen MR) is 88.2 cm³/mol. The standard InChI is InChI=1S/C16H10ClN5O/c17-12-8-19-6-3-10(12)14-11(9-1-4-18-5-2-9)7-13-15(21-14)22-16(23)20-13/h1-8H,(H2,20,21,22,23). The Balaban J connectivity index is 2.08. The smallest absolute Gasteiger partial charge is 0.304 e. The molecule has 6 nitrogen and oxygen atoms in total. The summed E-state index contributed by atoms with van der Waals surface area (Å²) in [5.74, 6) is 0. The van der Waals surface area contributed by atoms with Gasteiger partial charge in [0, 0.05) is 35.9 Å². The Morgan fingerprint density at radius 2 is 1.74 bits per heavy atom. The molecule has 0 aliphatic rings. The van der Waals surface area contributed by atoms with E-state index in [1.165, 1.54) is 0 Å². The fourth-order valence-electron chi connectivity index (χ4n) is 2.49. The number of H-pyrrole nitrogens is 2. The summed E-state index contributed by atoms with van der Waals surface area (Å²) in [5.41, 5.74) is 4.02. The quantitative estimate of drug-likeness (QED) is 0.593. The average molecular weight is 324 g/mol. The van der Waals surface area contributed by atoms with Crippen molar-refractivity contribution in [1.29, 1.82) is 0 Å². The maximum absolute atomic E-state index is 11.6. The zero-order chi connectivity index (χ0) is 15.8. The van der Waals surface area contributed by atoms with Crippen LogP contribution in [-0.4, -0.2) is 24.9 Å². The predicted octanol–water partition coefficient (Wildman–Crippen LogP) is 3.03. The molecule has 0 amide bonds. The summed E-state index contributed by atoms with van der Waals surface area (Å²) >= 11 is 6.28. The summed E-state index contributed by atoms with van der Waals surface area (Å²) in [4.78, 5) is 29.6. The van der Waals surface area contributed by atoms with Gasteiger partial charge in [0.25, 0.3) is 0 Å². The van der Waals surface area contributed by atoms with Crippen molar-refractivity contribution in [2.75, 3.05) is 0 Å². The van der Waals surface area contributed by atoms with E-state index in [0.29, 0.717) is 21.9 Å². The van der Waals surface area contributed by atoms with Gasteiger partial charge in [-0.2, -0.15) is 0 Å². The van der Waals surface area contributed by atoms with Crippen LogP contribution in [0.4, 0.5) is 0 Å². The van der Waals surface area contributed by atoms with Gasteiger partial charge in [0.15, 0.2) is 5.65 Å². The Labute approximate surface area is 135 Å². The molecule has 0 aliphatic heterocycles. The van der Waals surface area contributed by atoms with Crippen LogP contribution in [0.1, 0.15) is 0 Å². The van der Waals surface area contributed by atoms with E-state index in [9.17, 15) is 4.79 Å². The third-order valence-electron chi connectivity index (χ3n) is 3.52. The Morgan fingerprint density at radius 1 is 0.957 bits per heavy atom. The second kappa shape index (κ2) is 5.33. The van der Waals surface area contributed by atoms with Crippen LogP contribution in [0.25, 0.3) is 33.5 Å². The minimum atomic E-state index is -0.300. The van der Waals surface area contributed by atoms with Crippen molar-refractivity contribution in [2.45, 2.75) is 0 Å². The number of aromatic nitrogens is 5. The highest BCUT2D eigenvalue weighted by Crippen LogP contribution is 2.35. The van der Waals surface area contributed by atoms with Crippen LogP contribution in [0.3, 0.4) is 0 Å². The van der Waals surface area contributed by atoms with Crippen LogP contribution < -0.4 is 5.69 Å². The van der Waals surface area contributed by atoms with E-state index < -0.39 is 0 Å². The minimum absolute atomic E-state index is 0.300. The van der Waals surface area contributed by atoms with Crippen molar-refractivity contribution >= 4 is 22.8 Å². The van der Waals surface area contributed by atoms with Crippen LogP contribution in [0, 0.1) is 0 Å². The van der Waals surface area contributed by atoms with Gasteiger partial charge in [-0.3, -0.25) is 15.0 Å². The molecule has 23 heavy (non-hydrogen) atoms. The molecule has 0 atom stereocenters. The van der Waals surface area contributed by atoms with E-state index in [1.807, 2.05) is 18.2 Å². The number of aromatic amines is 2. The van der Waals surface area contributed by atoms with E-state index in [0.717, 1.165) is 16.7 Å². The maximum Gasteiger partial charge on any atom is 0.325 e. The van der Waals surface area contributed by atoms with E-state index in [-0.39, 0.29) is 5.69 Å². The Bertz CT molecular complexity index is 1050. The zero-order valence-electron chi connectivity index (χ0n) is 11.7. The largest absolute Gasteiger partial charge is 0.325 e. The van der Waals surface area contributed by atoms with Gasteiger partial charge in [0.2, 0.25) is 0 Å². The summed E-state index contributed by atoms with van der Waals surface area (Å²) in [5, 5.41) is 0.493. The van der Waals surface area contributed by atoms with E-state index in [1.54, 1.807) is 30.9 Å². The Hall–Kier alpha value is -2.99. The molecule has 0 spiro atoms. The first-order chi connectivity index (χ1) is 11.2. The lowest BCUT2D eigenvalue weighted by Crippen LogP contribution is -1.99. The van der Waals surface area contributed by atoms with Crippen LogP contribution in [-0.2, 0) is 0 Å². The molecular formula is C16H10ClN5O. The third kappa shape index (κ3) is 2.39. The van der Waals surface area contributed by atoms with Crippen LogP contribution in [0.15, 0.2) is 53.8 Å². The Morgan fingerprint density at radius 3 is 2.52 bits per heavy atom. The SMILES string of the molecule is O=c1[nH]c2cc(-c3ccncc3)c(-c3ccncc3Cl)nc2[nH]1. The van der Waals surface area contributed by atoms with Crippen molar-refractivity contribution < 1.29 is 0 Å². The second-order valence-corrected chi connectivity index (χ2v) is 5.36. The molecule has 0 saturated heterocycles. The highest BCUT2D eigenvalue weighted by molar-refractivity contribution is 6.33. The fraction of sp³-hybridized carbons (Fsp3) is 0. The number of hydrogen-bond donors (Lipinski definition) is 2. The molecule has 0 radical (unpaired) electrons. The number of rotatable bonds is 2. The average Bonchev–Trinajstić information content (AvgIpc) is 2.94. The zero-order valence-corrected chi connectivity index (χ0v) is 12.5. The normalized spacial score (nSPS) is 11.0. The van der Waals surface area contributed by atoms with Crippen LogP contribution in [0.5, 0.6) is 0 Å². The fourth-order valence-corrected chi connectivity index (χ4v) is 2.70. The highest BCUT2D eigenvalue weighted by Gasteiger charge is 2.15. The molecule has 7 heteroatoms. The van der Waals surface area contributed by atoms with E-state index in [2.05, 4.69) is 24.9 Å². The summed E-state index contributed by atoms with van der Waals surface area (Å²) in [6.07, 6.45) is 6.64. The first-order valence-electron chi connectivity index (χ1n) is 6.86. The van der Waals surface area contributed by atoms with Crippen molar-refractivity contribution in [2.24, 2.45) is 0 Å². The summed E-state index contributed by atoms with van der Waals surface area (Å²) < 4.78 is 0. The Kier molecular flexibility index (Phi) is 3.17. The summed E-state index contributed by atoms with van der Waals surface area (Å²) in [6.45, 7) is 0. The lowest BCUT2D eigenvalue weighted by Gasteiger charge is -2.10. The molecule has 0 saturated carbocycles. The minimum Gasteiger partial charge on any atom is -0.304 e. The van der Waals surface area contributed by atoms with Gasteiger partial charge in [0.1, 0.15) is 0 Å². The highest BCUT2D eigenvalue weighted by atomic mass is 35.5. The molecule has 2 N–H and O–H groups in total. The maximum atomic E-state index is 11.6. The van der Waals surface area contributed by atoms with E-state index in [4.69, 9.17) is 11.6 Å². The lowest BCUT2D eigenvalue weighted by atomic mass is 10.0. The van der Waals surface area contributed by atoms with E-state index >= 15 is 0 Å². The molecule has 4 heterocycles. The number of halogens is 1. The van der Waals surface area contributed by atoms with Gasteiger partial charge in [-0.25, -0.2) is 9.78 Å². The summed E-state index contributed by atoms with van der Waals surface area (Å²) in [6, 6.07) is 7.44. The van der Waals surface area contributed by atoms with Gasteiger partial charge in [-0.1, -0.05) is 11.6 Å². The number of nitrogens with one attached hydrogen (secondary N) is 2. The van der Waals surface area contributed by atoms with Gasteiger partial charge in [0.05, 0.1) is 16.2 Å². The molecule has 0 bridgehead atoms. The molecule has 0 aliphatic carbocycles. The number of pyridine rings is 3. The van der Waals surface area contributed by atoms with Crippen molar-refractivity contribution in [3.63, 3.8) is 0 Å². The second-order valence-electron chi connectivity index (χ2n) is 4.95. The number of imidazole rings is 1. The number of fused-ring (bicyclic) bond motifs is 1. The van der Waals surface area contributed by atoms with Crippen molar-refractivity contribution in [3.8, 4) is 22.4 Å². The van der Waals surface area contributed by atoms with Gasteiger partial charge < -0.3 is 4.98 Å². The number of nitrogens with zero attached hydrogens (tertiary/aromatic N) is 3. The topological polar surface area (TPSA) is 87.3 Å². The molecule has 0 unspecified atom stereocenters. The molecule has 0 aromatic carbocycles. The number of hydrogen-bond acceptors (Lipinski definition) is 4. The monoisotopic (exact) mass is 323 g/mol. The summed E-state index contributed by atoms with van der Waals surface area (Å²) in [7, 11) is 0. The van der Waals surface area contributed by atoms with Crippen molar-refractivity contribution in [1.82, 2.24) is 24.9 Å². The molecule has 4 rings (SSSR count). The first-order valence-corrected chi connectivity index (χ1v) is 7.23. The molecule has 112 valence electrons. The van der Waals surface area contributed by atoms with Crippen LogP contribution in [0.2, 0.25) is 5.02 Å². The molecule has 4 aromatic heterocycles. The van der Waals surface area contributed by atoms with Crippen molar-refractivity contribution in [3.05, 3.63) is 64.6 Å².